The highest BCUT2D eigenvalue weighted by atomic mass is 35.5. The molecule has 1 aliphatic rings. The molecular formula is C31H32ClN3O3. The molecule has 0 radical (unpaired) electrons. The van der Waals surface area contributed by atoms with Gasteiger partial charge >= 0.3 is 0 Å². The first-order chi connectivity index (χ1) is 18.6. The SMILES string of the molecule is CCCCOc1ccc(C2c3c(-c4ccc(Cl)cc4)n[nH]c3C(=O)N2CCc2ccccc2)cc1OCC. The minimum absolute atomic E-state index is 0.0603. The van der Waals surface area contributed by atoms with Gasteiger partial charge in [-0.15, -0.1) is 0 Å². The van der Waals surface area contributed by atoms with Crippen LogP contribution in [0.15, 0.2) is 72.8 Å². The van der Waals surface area contributed by atoms with Crippen molar-refractivity contribution in [3.8, 4) is 22.8 Å². The normalized spacial score (nSPS) is 14.6. The van der Waals surface area contributed by atoms with Crippen molar-refractivity contribution in [1.82, 2.24) is 15.1 Å². The van der Waals surface area contributed by atoms with Gasteiger partial charge in [0.2, 0.25) is 0 Å². The van der Waals surface area contributed by atoms with Gasteiger partial charge in [-0.3, -0.25) is 9.89 Å². The third-order valence-corrected chi connectivity index (χ3v) is 7.06. The smallest absolute Gasteiger partial charge is 0.273 e. The van der Waals surface area contributed by atoms with Crippen LogP contribution in [0.3, 0.4) is 0 Å². The maximum Gasteiger partial charge on any atom is 0.273 e. The lowest BCUT2D eigenvalue weighted by atomic mass is 9.95. The van der Waals surface area contributed by atoms with Gasteiger partial charge in [-0.05, 0) is 55.2 Å². The number of unbranched alkanes of at least 4 members (excludes halogenated alkanes) is 1. The average Bonchev–Trinajstić information content (AvgIpc) is 3.48. The van der Waals surface area contributed by atoms with Gasteiger partial charge in [0.15, 0.2) is 11.5 Å². The lowest BCUT2D eigenvalue weighted by Crippen LogP contribution is -2.31. The standard InChI is InChI=1S/C31H32ClN3O3/c1-3-5-19-38-25-16-13-23(20-26(25)37-4-2)30-27-28(22-11-14-24(32)15-12-22)33-34-29(27)31(36)35(30)18-17-21-9-7-6-8-10-21/h6-16,20,30H,3-5,17-19H2,1-2H3,(H,33,34). The Labute approximate surface area is 228 Å². The fraction of sp³-hybridized carbons (Fsp3) is 0.290. The maximum absolute atomic E-state index is 13.7. The number of benzene rings is 3. The highest BCUT2D eigenvalue weighted by Gasteiger charge is 2.42. The molecule has 0 saturated heterocycles. The van der Waals surface area contributed by atoms with E-state index < -0.39 is 0 Å². The number of fused-ring (bicyclic) bond motifs is 1. The van der Waals surface area contributed by atoms with Crippen molar-refractivity contribution in [1.29, 1.82) is 0 Å². The number of ether oxygens (including phenoxy) is 2. The predicted octanol–water partition coefficient (Wildman–Crippen LogP) is 7.10. The summed E-state index contributed by atoms with van der Waals surface area (Å²) in [4.78, 5) is 15.7. The van der Waals surface area contributed by atoms with E-state index in [1.165, 1.54) is 5.56 Å². The van der Waals surface area contributed by atoms with Crippen LogP contribution in [-0.4, -0.2) is 40.8 Å². The van der Waals surface area contributed by atoms with Gasteiger partial charge in [0.25, 0.3) is 5.91 Å². The second kappa shape index (κ2) is 11.7. The zero-order chi connectivity index (χ0) is 26.5. The minimum Gasteiger partial charge on any atom is -0.490 e. The number of halogens is 1. The Balaban J connectivity index is 1.56. The van der Waals surface area contributed by atoms with Crippen molar-refractivity contribution in [2.45, 2.75) is 39.2 Å². The van der Waals surface area contributed by atoms with E-state index in [4.69, 9.17) is 21.1 Å². The van der Waals surface area contributed by atoms with E-state index >= 15 is 0 Å². The summed E-state index contributed by atoms with van der Waals surface area (Å²) in [7, 11) is 0. The Hall–Kier alpha value is -3.77. The third-order valence-electron chi connectivity index (χ3n) is 6.80. The van der Waals surface area contributed by atoms with Gasteiger partial charge in [-0.1, -0.05) is 73.5 Å². The molecule has 196 valence electrons. The molecule has 0 saturated carbocycles. The van der Waals surface area contributed by atoms with E-state index in [9.17, 15) is 4.79 Å². The molecule has 2 heterocycles. The van der Waals surface area contributed by atoms with Crippen molar-refractivity contribution < 1.29 is 14.3 Å². The Bertz CT molecular complexity index is 1390. The summed E-state index contributed by atoms with van der Waals surface area (Å²) >= 11 is 6.15. The van der Waals surface area contributed by atoms with Gasteiger partial charge in [0.1, 0.15) is 5.69 Å². The highest BCUT2D eigenvalue weighted by Crippen LogP contribution is 2.44. The number of nitrogens with one attached hydrogen (secondary N) is 1. The molecule has 1 amide bonds. The van der Waals surface area contributed by atoms with Gasteiger partial charge < -0.3 is 14.4 Å². The summed E-state index contributed by atoms with van der Waals surface area (Å²) in [6.07, 6.45) is 2.77. The van der Waals surface area contributed by atoms with Crippen molar-refractivity contribution in [3.63, 3.8) is 0 Å². The molecule has 7 heteroatoms. The number of nitrogens with zero attached hydrogens (tertiary/aromatic N) is 2. The topological polar surface area (TPSA) is 67.5 Å². The van der Waals surface area contributed by atoms with Crippen molar-refractivity contribution in [2.24, 2.45) is 0 Å². The molecule has 0 bridgehead atoms. The molecule has 1 atom stereocenters. The Morgan fingerprint density at radius 2 is 1.76 bits per heavy atom. The minimum atomic E-state index is -0.325. The Morgan fingerprint density at radius 1 is 0.974 bits per heavy atom. The molecule has 1 aliphatic heterocycles. The van der Waals surface area contributed by atoms with Crippen molar-refractivity contribution in [2.75, 3.05) is 19.8 Å². The Morgan fingerprint density at radius 3 is 2.50 bits per heavy atom. The molecule has 0 fully saturated rings. The van der Waals surface area contributed by atoms with Crippen LogP contribution < -0.4 is 9.47 Å². The number of aromatic nitrogens is 2. The number of amides is 1. The molecule has 4 aromatic rings. The third kappa shape index (κ3) is 5.27. The molecule has 38 heavy (non-hydrogen) atoms. The summed E-state index contributed by atoms with van der Waals surface area (Å²) in [6.45, 7) is 5.81. The van der Waals surface area contributed by atoms with E-state index in [0.717, 1.165) is 47.4 Å². The van der Waals surface area contributed by atoms with Crippen LogP contribution in [0.5, 0.6) is 11.5 Å². The molecule has 3 aromatic carbocycles. The van der Waals surface area contributed by atoms with Gasteiger partial charge in [0.05, 0.1) is 24.9 Å². The highest BCUT2D eigenvalue weighted by molar-refractivity contribution is 6.30. The number of carbonyl (C=O) groups excluding carboxylic acids is 1. The maximum atomic E-state index is 13.7. The molecule has 5 rings (SSSR count). The predicted molar refractivity (Wildman–Crippen MR) is 150 cm³/mol. The van der Waals surface area contributed by atoms with Gasteiger partial charge in [-0.2, -0.15) is 5.10 Å². The zero-order valence-corrected chi connectivity index (χ0v) is 22.5. The fourth-order valence-corrected chi connectivity index (χ4v) is 5.03. The monoisotopic (exact) mass is 529 g/mol. The second-order valence-electron chi connectivity index (χ2n) is 9.35. The van der Waals surface area contributed by atoms with Crippen molar-refractivity contribution in [3.05, 3.63) is 100 Å². The number of rotatable bonds is 11. The first-order valence-corrected chi connectivity index (χ1v) is 13.6. The lowest BCUT2D eigenvalue weighted by Gasteiger charge is -2.27. The van der Waals surface area contributed by atoms with E-state index in [1.54, 1.807) is 0 Å². The summed E-state index contributed by atoms with van der Waals surface area (Å²) in [5, 5.41) is 8.25. The first kappa shape index (κ1) is 25.9. The quantitative estimate of drug-likeness (QED) is 0.210. The largest absolute Gasteiger partial charge is 0.490 e. The van der Waals surface area contributed by atoms with Crippen LogP contribution in [0.1, 0.15) is 59.9 Å². The van der Waals surface area contributed by atoms with Crippen LogP contribution in [0.4, 0.5) is 0 Å². The van der Waals surface area contributed by atoms with Crippen LogP contribution in [0.25, 0.3) is 11.3 Å². The number of hydrogen-bond donors (Lipinski definition) is 1. The van der Waals surface area contributed by atoms with Crippen LogP contribution in [0, 0.1) is 0 Å². The molecule has 1 unspecified atom stereocenters. The summed E-state index contributed by atoms with van der Waals surface area (Å²) < 4.78 is 12.0. The Kier molecular flexibility index (Phi) is 7.99. The van der Waals surface area contributed by atoms with E-state index in [0.29, 0.717) is 36.2 Å². The summed E-state index contributed by atoms with van der Waals surface area (Å²) in [5.74, 6) is 1.34. The van der Waals surface area contributed by atoms with Crippen molar-refractivity contribution >= 4 is 17.5 Å². The number of hydrogen-bond acceptors (Lipinski definition) is 4. The number of H-pyrrole nitrogens is 1. The zero-order valence-electron chi connectivity index (χ0n) is 21.7. The van der Waals surface area contributed by atoms with Crippen LogP contribution in [-0.2, 0) is 6.42 Å². The number of aromatic amines is 1. The molecule has 0 spiro atoms. The fourth-order valence-electron chi connectivity index (χ4n) is 4.90. The van der Waals surface area contributed by atoms with Gasteiger partial charge in [-0.25, -0.2) is 0 Å². The first-order valence-electron chi connectivity index (χ1n) is 13.2. The van der Waals surface area contributed by atoms with E-state index in [-0.39, 0.29) is 11.9 Å². The van der Waals surface area contributed by atoms with E-state index in [1.807, 2.05) is 72.5 Å². The average molecular weight is 530 g/mol. The summed E-state index contributed by atoms with van der Waals surface area (Å²) in [6, 6.07) is 23.4. The molecule has 1 N–H and O–H groups in total. The summed E-state index contributed by atoms with van der Waals surface area (Å²) in [5.41, 5.74) is 5.17. The van der Waals surface area contributed by atoms with Gasteiger partial charge in [0, 0.05) is 22.7 Å². The lowest BCUT2D eigenvalue weighted by molar-refractivity contribution is 0.0745. The van der Waals surface area contributed by atoms with Crippen LogP contribution >= 0.6 is 11.6 Å². The van der Waals surface area contributed by atoms with E-state index in [2.05, 4.69) is 29.3 Å². The second-order valence-corrected chi connectivity index (χ2v) is 9.78. The number of carbonyl (C=O) groups is 1. The molecule has 1 aromatic heterocycles. The van der Waals surface area contributed by atoms with Crippen LogP contribution in [0.2, 0.25) is 5.02 Å². The molecular weight excluding hydrogens is 498 g/mol. The molecule has 6 nitrogen and oxygen atoms in total. The molecule has 0 aliphatic carbocycles.